The van der Waals surface area contributed by atoms with Crippen LogP contribution in [-0.2, 0) is 4.74 Å². The van der Waals surface area contributed by atoms with E-state index in [1.54, 1.807) is 19.2 Å². The van der Waals surface area contributed by atoms with Crippen molar-refractivity contribution >= 4 is 0 Å². The van der Waals surface area contributed by atoms with Gasteiger partial charge in [0.2, 0.25) is 0 Å². The molecule has 0 spiro atoms. The summed E-state index contributed by atoms with van der Waals surface area (Å²) in [4.78, 5) is 2.40. The lowest BCUT2D eigenvalue weighted by Gasteiger charge is -2.26. The zero-order chi connectivity index (χ0) is 15.1. The minimum atomic E-state index is -0.220. The van der Waals surface area contributed by atoms with Crippen molar-refractivity contribution < 1.29 is 13.9 Å². The Kier molecular flexibility index (Phi) is 6.42. The van der Waals surface area contributed by atoms with Crippen molar-refractivity contribution in [2.24, 2.45) is 0 Å². The fourth-order valence-corrected chi connectivity index (χ4v) is 2.66. The van der Waals surface area contributed by atoms with E-state index in [-0.39, 0.29) is 11.9 Å². The molecule has 2 rings (SSSR count). The summed E-state index contributed by atoms with van der Waals surface area (Å²) in [5.41, 5.74) is 0.603. The lowest BCUT2D eigenvalue weighted by Crippen LogP contribution is -2.37. The first-order chi connectivity index (χ1) is 10.2. The quantitative estimate of drug-likeness (QED) is 0.782. The Morgan fingerprint density at radius 2 is 2.14 bits per heavy atom. The van der Waals surface area contributed by atoms with E-state index >= 15 is 0 Å². The third kappa shape index (κ3) is 4.66. The van der Waals surface area contributed by atoms with E-state index in [9.17, 15) is 4.39 Å². The first kappa shape index (κ1) is 16.2. The number of methoxy groups -OCH3 is 1. The van der Waals surface area contributed by atoms with Crippen LogP contribution in [0.1, 0.15) is 24.9 Å². The first-order valence-corrected chi connectivity index (χ1v) is 7.58. The molecule has 118 valence electrons. The molecular weight excluding hydrogens is 271 g/mol. The molecule has 0 amide bonds. The monoisotopic (exact) mass is 296 g/mol. The highest BCUT2D eigenvalue weighted by atomic mass is 19.1. The predicted octanol–water partition coefficient (Wildman–Crippen LogP) is 2.21. The van der Waals surface area contributed by atoms with Crippen molar-refractivity contribution in [3.8, 4) is 5.75 Å². The van der Waals surface area contributed by atoms with Crippen molar-refractivity contribution in [3.05, 3.63) is 29.6 Å². The molecule has 0 radical (unpaired) electrons. The Morgan fingerprint density at radius 1 is 1.38 bits per heavy atom. The molecule has 1 aromatic rings. The maximum Gasteiger partial charge on any atom is 0.131 e. The molecule has 1 aliphatic heterocycles. The van der Waals surface area contributed by atoms with Gasteiger partial charge < -0.3 is 14.8 Å². The van der Waals surface area contributed by atoms with Crippen molar-refractivity contribution in [1.82, 2.24) is 10.2 Å². The fraction of sp³-hybridized carbons (Fsp3) is 0.625. The van der Waals surface area contributed by atoms with Crippen molar-refractivity contribution in [2.45, 2.75) is 19.4 Å². The third-order valence-corrected chi connectivity index (χ3v) is 3.87. The topological polar surface area (TPSA) is 33.7 Å². The SMILES string of the molecule is COc1cccc(F)c1C(C)NCCCN1CCOCC1. The van der Waals surface area contributed by atoms with Crippen LogP contribution in [0.3, 0.4) is 0 Å². The summed E-state index contributed by atoms with van der Waals surface area (Å²) in [5.74, 6) is 0.380. The van der Waals surface area contributed by atoms with Crippen molar-refractivity contribution in [1.29, 1.82) is 0 Å². The highest BCUT2D eigenvalue weighted by Crippen LogP contribution is 2.27. The summed E-state index contributed by atoms with van der Waals surface area (Å²) in [5, 5.41) is 3.38. The molecule has 1 atom stereocenters. The van der Waals surface area contributed by atoms with Crippen LogP contribution in [0.15, 0.2) is 18.2 Å². The Balaban J connectivity index is 1.77. The fourth-order valence-electron chi connectivity index (χ4n) is 2.66. The van der Waals surface area contributed by atoms with Gasteiger partial charge in [0, 0.05) is 24.7 Å². The average molecular weight is 296 g/mol. The second-order valence-electron chi connectivity index (χ2n) is 5.34. The molecule has 1 N–H and O–H groups in total. The van der Waals surface area contributed by atoms with E-state index in [2.05, 4.69) is 10.2 Å². The molecule has 4 nitrogen and oxygen atoms in total. The van der Waals surface area contributed by atoms with Crippen LogP contribution in [0.2, 0.25) is 0 Å². The molecule has 0 bridgehead atoms. The van der Waals surface area contributed by atoms with E-state index in [1.165, 1.54) is 6.07 Å². The van der Waals surface area contributed by atoms with E-state index in [0.29, 0.717) is 11.3 Å². The van der Waals surface area contributed by atoms with Gasteiger partial charge in [-0.25, -0.2) is 4.39 Å². The molecule has 1 heterocycles. The van der Waals surface area contributed by atoms with Crippen LogP contribution in [0, 0.1) is 5.82 Å². The van der Waals surface area contributed by atoms with Crippen LogP contribution < -0.4 is 10.1 Å². The van der Waals surface area contributed by atoms with Crippen LogP contribution in [0.25, 0.3) is 0 Å². The van der Waals surface area contributed by atoms with Gasteiger partial charge in [0.1, 0.15) is 11.6 Å². The maximum atomic E-state index is 13.9. The van der Waals surface area contributed by atoms with Gasteiger partial charge in [-0.3, -0.25) is 4.90 Å². The molecule has 1 fully saturated rings. The molecule has 1 aliphatic rings. The number of nitrogens with one attached hydrogen (secondary N) is 1. The number of rotatable bonds is 7. The van der Waals surface area contributed by atoms with Gasteiger partial charge in [0.25, 0.3) is 0 Å². The van der Waals surface area contributed by atoms with E-state index in [0.717, 1.165) is 45.8 Å². The Bertz CT molecular complexity index is 436. The maximum absolute atomic E-state index is 13.9. The Hall–Kier alpha value is -1.17. The summed E-state index contributed by atoms with van der Waals surface area (Å²) >= 11 is 0. The third-order valence-electron chi connectivity index (χ3n) is 3.87. The molecule has 5 heteroatoms. The lowest BCUT2D eigenvalue weighted by atomic mass is 10.1. The van der Waals surface area contributed by atoms with Gasteiger partial charge in [0.15, 0.2) is 0 Å². The van der Waals surface area contributed by atoms with Gasteiger partial charge in [-0.15, -0.1) is 0 Å². The minimum Gasteiger partial charge on any atom is -0.496 e. The van der Waals surface area contributed by atoms with Crippen LogP contribution in [0.4, 0.5) is 4.39 Å². The summed E-state index contributed by atoms with van der Waals surface area (Å²) in [7, 11) is 1.57. The second-order valence-corrected chi connectivity index (χ2v) is 5.34. The molecule has 0 aliphatic carbocycles. The zero-order valence-corrected chi connectivity index (χ0v) is 12.9. The molecule has 0 saturated carbocycles. The van der Waals surface area contributed by atoms with Crippen molar-refractivity contribution in [2.75, 3.05) is 46.5 Å². The van der Waals surface area contributed by atoms with Crippen LogP contribution in [-0.4, -0.2) is 51.4 Å². The highest BCUT2D eigenvalue weighted by Gasteiger charge is 2.16. The largest absolute Gasteiger partial charge is 0.496 e. The van der Waals surface area contributed by atoms with Gasteiger partial charge in [-0.2, -0.15) is 0 Å². The summed E-state index contributed by atoms with van der Waals surface area (Å²) in [6.07, 6.45) is 1.04. The minimum absolute atomic E-state index is 0.0640. The van der Waals surface area contributed by atoms with E-state index in [4.69, 9.17) is 9.47 Å². The lowest BCUT2D eigenvalue weighted by molar-refractivity contribution is 0.0374. The van der Waals surface area contributed by atoms with Crippen LogP contribution >= 0.6 is 0 Å². The summed E-state index contributed by atoms with van der Waals surface area (Å²) in [6.45, 7) is 7.56. The number of morpholine rings is 1. The number of benzene rings is 1. The molecule has 1 aromatic carbocycles. The highest BCUT2D eigenvalue weighted by molar-refractivity contribution is 5.36. The molecule has 1 unspecified atom stereocenters. The molecule has 1 saturated heterocycles. The number of ether oxygens (including phenoxy) is 2. The average Bonchev–Trinajstić information content (AvgIpc) is 2.52. The van der Waals surface area contributed by atoms with Gasteiger partial charge in [-0.1, -0.05) is 6.07 Å². The predicted molar refractivity (Wildman–Crippen MR) is 81.2 cm³/mol. The molecule has 21 heavy (non-hydrogen) atoms. The Labute approximate surface area is 126 Å². The van der Waals surface area contributed by atoms with Crippen LogP contribution in [0.5, 0.6) is 5.75 Å². The number of nitrogens with zero attached hydrogens (tertiary/aromatic N) is 1. The standard InChI is InChI=1S/C16H25FN2O2/c1-13(16-14(17)5-3-6-15(16)20-2)18-7-4-8-19-9-11-21-12-10-19/h3,5-6,13,18H,4,7-12H2,1-2H3. The second kappa shape index (κ2) is 8.32. The molecule has 0 aromatic heterocycles. The summed E-state index contributed by atoms with van der Waals surface area (Å²) in [6, 6.07) is 4.88. The smallest absolute Gasteiger partial charge is 0.131 e. The summed E-state index contributed by atoms with van der Waals surface area (Å²) < 4.78 is 24.5. The Morgan fingerprint density at radius 3 is 2.86 bits per heavy atom. The van der Waals surface area contributed by atoms with Gasteiger partial charge >= 0.3 is 0 Å². The zero-order valence-electron chi connectivity index (χ0n) is 12.9. The normalized spacial score (nSPS) is 17.7. The number of halogens is 1. The molecular formula is C16H25FN2O2. The van der Waals surface area contributed by atoms with Crippen molar-refractivity contribution in [3.63, 3.8) is 0 Å². The van der Waals surface area contributed by atoms with Gasteiger partial charge in [-0.05, 0) is 38.6 Å². The van der Waals surface area contributed by atoms with E-state index in [1.807, 2.05) is 6.92 Å². The number of hydrogen-bond acceptors (Lipinski definition) is 4. The van der Waals surface area contributed by atoms with Gasteiger partial charge in [0.05, 0.1) is 20.3 Å². The van der Waals surface area contributed by atoms with E-state index < -0.39 is 0 Å². The number of hydrogen-bond donors (Lipinski definition) is 1. The first-order valence-electron chi connectivity index (χ1n) is 7.58.